The molecular weight excluding hydrogens is 276 g/mol. The van der Waals surface area contributed by atoms with Gasteiger partial charge in [0.1, 0.15) is 0 Å². The fourth-order valence-corrected chi connectivity index (χ4v) is 1.90. The van der Waals surface area contributed by atoms with Crippen LogP contribution in [0.15, 0.2) is 24.3 Å². The molecule has 0 aliphatic heterocycles. The topological polar surface area (TPSA) is 75.4 Å². The van der Waals surface area contributed by atoms with Gasteiger partial charge in [0, 0.05) is 6.54 Å². The molecule has 3 unspecified atom stereocenters. The number of amides is 1. The van der Waals surface area contributed by atoms with Crippen molar-refractivity contribution in [2.24, 2.45) is 11.7 Å². The molecule has 0 fully saturated rings. The lowest BCUT2D eigenvalue weighted by Crippen LogP contribution is -2.45. The van der Waals surface area contributed by atoms with Crippen molar-refractivity contribution in [1.29, 1.82) is 0 Å². The highest BCUT2D eigenvalue weighted by Crippen LogP contribution is 2.16. The molecule has 0 heterocycles. The SMILES string of the molecule is CCC(C)C(N)C(=O)NCC(O)c1ccccc1C.Cl. The van der Waals surface area contributed by atoms with Crippen LogP contribution in [0.3, 0.4) is 0 Å². The van der Waals surface area contributed by atoms with Crippen molar-refractivity contribution in [3.63, 3.8) is 0 Å². The molecular formula is C15H25ClN2O2. The lowest BCUT2D eigenvalue weighted by atomic mass is 9.99. The van der Waals surface area contributed by atoms with Crippen LogP contribution in [0.4, 0.5) is 0 Å². The third-order valence-electron chi connectivity index (χ3n) is 3.58. The molecule has 114 valence electrons. The van der Waals surface area contributed by atoms with Gasteiger partial charge >= 0.3 is 0 Å². The number of aryl methyl sites for hydroxylation is 1. The fraction of sp³-hybridized carbons (Fsp3) is 0.533. The molecule has 0 aliphatic rings. The minimum absolute atomic E-state index is 0. The summed E-state index contributed by atoms with van der Waals surface area (Å²) in [4.78, 5) is 11.8. The summed E-state index contributed by atoms with van der Waals surface area (Å²) in [5, 5.41) is 12.8. The number of nitrogens with two attached hydrogens (primary N) is 1. The van der Waals surface area contributed by atoms with Crippen LogP contribution in [0.25, 0.3) is 0 Å². The van der Waals surface area contributed by atoms with Crippen molar-refractivity contribution < 1.29 is 9.90 Å². The average molecular weight is 301 g/mol. The van der Waals surface area contributed by atoms with Crippen LogP contribution in [-0.2, 0) is 4.79 Å². The summed E-state index contributed by atoms with van der Waals surface area (Å²) in [6.07, 6.45) is 0.156. The first kappa shape index (κ1) is 18.9. The van der Waals surface area contributed by atoms with E-state index in [1.54, 1.807) is 0 Å². The molecule has 0 saturated carbocycles. The van der Waals surface area contributed by atoms with Crippen LogP contribution < -0.4 is 11.1 Å². The number of hydrogen-bond acceptors (Lipinski definition) is 3. The quantitative estimate of drug-likeness (QED) is 0.751. The number of nitrogens with one attached hydrogen (secondary N) is 1. The highest BCUT2D eigenvalue weighted by Gasteiger charge is 2.20. The molecule has 4 N–H and O–H groups in total. The van der Waals surface area contributed by atoms with Gasteiger partial charge in [0.15, 0.2) is 0 Å². The molecule has 0 bridgehead atoms. The average Bonchev–Trinajstić information content (AvgIpc) is 2.43. The molecule has 1 amide bonds. The van der Waals surface area contributed by atoms with E-state index in [0.29, 0.717) is 0 Å². The first-order valence-corrected chi connectivity index (χ1v) is 6.74. The molecule has 0 saturated heterocycles. The maximum absolute atomic E-state index is 11.8. The molecule has 0 aromatic heterocycles. The Kier molecular flexibility index (Phi) is 8.46. The minimum Gasteiger partial charge on any atom is -0.387 e. The Morgan fingerprint density at radius 2 is 2.00 bits per heavy atom. The molecule has 20 heavy (non-hydrogen) atoms. The number of rotatable bonds is 6. The predicted molar refractivity (Wildman–Crippen MR) is 83.8 cm³/mol. The molecule has 4 nitrogen and oxygen atoms in total. The van der Waals surface area contributed by atoms with Gasteiger partial charge in [-0.25, -0.2) is 0 Å². The van der Waals surface area contributed by atoms with Gasteiger partial charge in [0.05, 0.1) is 12.1 Å². The maximum Gasteiger partial charge on any atom is 0.237 e. The normalized spacial score (nSPS) is 14.8. The van der Waals surface area contributed by atoms with Crippen LogP contribution >= 0.6 is 12.4 Å². The predicted octanol–water partition coefficient (Wildman–Crippen LogP) is 1.94. The standard InChI is InChI=1S/C15H24N2O2.ClH/c1-4-10(2)14(16)15(19)17-9-13(18)12-8-6-5-7-11(12)3;/h5-8,10,13-14,18H,4,9,16H2,1-3H3,(H,17,19);1H. The molecule has 1 aromatic carbocycles. The van der Waals surface area contributed by atoms with Crippen molar-refractivity contribution in [1.82, 2.24) is 5.32 Å². The second-order valence-corrected chi connectivity index (χ2v) is 5.03. The fourth-order valence-electron chi connectivity index (χ4n) is 1.90. The summed E-state index contributed by atoms with van der Waals surface area (Å²) in [7, 11) is 0. The molecule has 0 spiro atoms. The minimum atomic E-state index is -0.700. The molecule has 0 radical (unpaired) electrons. The van der Waals surface area contributed by atoms with Crippen LogP contribution in [0, 0.1) is 12.8 Å². The summed E-state index contributed by atoms with van der Waals surface area (Å²) in [5.41, 5.74) is 7.68. The lowest BCUT2D eigenvalue weighted by molar-refractivity contribution is -0.123. The molecule has 1 aromatic rings. The van der Waals surface area contributed by atoms with Gasteiger partial charge < -0.3 is 16.2 Å². The number of hydrogen-bond donors (Lipinski definition) is 3. The second kappa shape index (κ2) is 8.95. The van der Waals surface area contributed by atoms with Crippen LogP contribution in [0.2, 0.25) is 0 Å². The molecule has 1 rings (SSSR count). The first-order chi connectivity index (χ1) is 8.97. The van der Waals surface area contributed by atoms with Gasteiger partial charge in [0.25, 0.3) is 0 Å². The van der Waals surface area contributed by atoms with E-state index in [9.17, 15) is 9.90 Å². The Bertz CT molecular complexity index is 426. The summed E-state index contributed by atoms with van der Waals surface area (Å²) in [6.45, 7) is 6.07. The van der Waals surface area contributed by atoms with Gasteiger partial charge in [-0.2, -0.15) is 0 Å². The second-order valence-electron chi connectivity index (χ2n) is 5.03. The van der Waals surface area contributed by atoms with Crippen molar-refractivity contribution in [3.8, 4) is 0 Å². The number of carbonyl (C=O) groups is 1. The van der Waals surface area contributed by atoms with E-state index >= 15 is 0 Å². The number of benzene rings is 1. The summed E-state index contributed by atoms with van der Waals surface area (Å²) >= 11 is 0. The first-order valence-electron chi connectivity index (χ1n) is 6.74. The number of aliphatic hydroxyl groups is 1. The Balaban J connectivity index is 0.00000361. The number of carbonyl (C=O) groups excluding carboxylic acids is 1. The smallest absolute Gasteiger partial charge is 0.237 e. The van der Waals surface area contributed by atoms with E-state index in [4.69, 9.17) is 5.73 Å². The van der Waals surface area contributed by atoms with Crippen molar-refractivity contribution in [2.45, 2.75) is 39.3 Å². The van der Waals surface area contributed by atoms with Crippen molar-refractivity contribution >= 4 is 18.3 Å². The molecule has 0 aliphatic carbocycles. The van der Waals surface area contributed by atoms with Crippen molar-refractivity contribution in [2.75, 3.05) is 6.54 Å². The maximum atomic E-state index is 11.8. The third kappa shape index (κ3) is 5.12. The highest BCUT2D eigenvalue weighted by atomic mass is 35.5. The largest absolute Gasteiger partial charge is 0.387 e. The van der Waals surface area contributed by atoms with E-state index in [0.717, 1.165) is 17.5 Å². The monoisotopic (exact) mass is 300 g/mol. The third-order valence-corrected chi connectivity index (χ3v) is 3.58. The summed E-state index contributed by atoms with van der Waals surface area (Å²) < 4.78 is 0. The van der Waals surface area contributed by atoms with Gasteiger partial charge in [-0.05, 0) is 24.0 Å². The van der Waals surface area contributed by atoms with Crippen LogP contribution in [0.1, 0.15) is 37.5 Å². The zero-order valence-electron chi connectivity index (χ0n) is 12.3. The zero-order valence-corrected chi connectivity index (χ0v) is 13.1. The summed E-state index contributed by atoms with van der Waals surface area (Å²) in [6, 6.07) is 7.07. The van der Waals surface area contributed by atoms with Crippen LogP contribution in [0.5, 0.6) is 0 Å². The van der Waals surface area contributed by atoms with Gasteiger partial charge in [-0.1, -0.05) is 44.5 Å². The number of halogens is 1. The van der Waals surface area contributed by atoms with E-state index in [1.165, 1.54) is 0 Å². The van der Waals surface area contributed by atoms with E-state index in [-0.39, 0.29) is 30.8 Å². The number of aliphatic hydroxyl groups excluding tert-OH is 1. The van der Waals surface area contributed by atoms with Crippen molar-refractivity contribution in [3.05, 3.63) is 35.4 Å². The Morgan fingerprint density at radius 1 is 1.40 bits per heavy atom. The Morgan fingerprint density at radius 3 is 2.55 bits per heavy atom. The Labute approximate surface area is 127 Å². The van der Waals surface area contributed by atoms with Gasteiger partial charge in [0.2, 0.25) is 5.91 Å². The van der Waals surface area contributed by atoms with E-state index in [1.807, 2.05) is 45.0 Å². The van der Waals surface area contributed by atoms with Crippen LogP contribution in [-0.4, -0.2) is 23.6 Å². The van der Waals surface area contributed by atoms with Gasteiger partial charge in [-0.15, -0.1) is 12.4 Å². The van der Waals surface area contributed by atoms with E-state index in [2.05, 4.69) is 5.32 Å². The van der Waals surface area contributed by atoms with Gasteiger partial charge in [-0.3, -0.25) is 4.79 Å². The summed E-state index contributed by atoms with van der Waals surface area (Å²) in [5.74, 6) is -0.0717. The molecule has 5 heteroatoms. The highest BCUT2D eigenvalue weighted by molar-refractivity contribution is 5.85. The van der Waals surface area contributed by atoms with E-state index < -0.39 is 12.1 Å². The Hall–Kier alpha value is -1.10. The zero-order chi connectivity index (χ0) is 14.4. The lowest BCUT2D eigenvalue weighted by Gasteiger charge is -2.20. The molecule has 3 atom stereocenters.